The van der Waals surface area contributed by atoms with E-state index in [1.54, 1.807) is 31.3 Å². The van der Waals surface area contributed by atoms with E-state index in [9.17, 15) is 5.11 Å². The molecule has 35 heavy (non-hydrogen) atoms. The van der Waals surface area contributed by atoms with Gasteiger partial charge in [-0.05, 0) is 25.0 Å². The third-order valence-corrected chi connectivity index (χ3v) is 6.26. The normalized spacial score (nSPS) is 16.1. The molecule has 0 saturated carbocycles. The summed E-state index contributed by atoms with van der Waals surface area (Å²) in [5.74, 6) is 2.09. The van der Waals surface area contributed by atoms with E-state index in [-0.39, 0.29) is 0 Å². The standard InChI is InChI=1S/C25H29N7O3/c1-30-16-17(14-27-30)22-15-26-21-6-7-23(29-25(21)28-22)32(10-9-31-8-4-5-24(31)33)18-11-19(34-2)13-20(12-18)35-3/h6-7,11-16,24,33H,4-5,8-10H2,1-3H3. The van der Waals surface area contributed by atoms with Crippen molar-refractivity contribution in [1.82, 2.24) is 29.6 Å². The second-order valence-corrected chi connectivity index (χ2v) is 8.55. The quantitative estimate of drug-likeness (QED) is 0.412. The Hall–Kier alpha value is -3.76. The number of anilines is 2. The van der Waals surface area contributed by atoms with Crippen molar-refractivity contribution in [3.63, 3.8) is 0 Å². The van der Waals surface area contributed by atoms with E-state index in [0.29, 0.717) is 41.4 Å². The van der Waals surface area contributed by atoms with Crippen LogP contribution in [0.25, 0.3) is 22.4 Å². The number of aliphatic hydroxyl groups is 1. The van der Waals surface area contributed by atoms with Crippen LogP contribution in [0.2, 0.25) is 0 Å². The van der Waals surface area contributed by atoms with Crippen molar-refractivity contribution >= 4 is 22.7 Å². The van der Waals surface area contributed by atoms with Crippen LogP contribution in [0.5, 0.6) is 11.5 Å². The minimum atomic E-state index is -0.408. The fourth-order valence-corrected chi connectivity index (χ4v) is 4.35. The van der Waals surface area contributed by atoms with Gasteiger partial charge in [0, 0.05) is 62.3 Å². The Morgan fingerprint density at radius 2 is 1.89 bits per heavy atom. The monoisotopic (exact) mass is 475 g/mol. The van der Waals surface area contributed by atoms with Gasteiger partial charge in [-0.2, -0.15) is 5.10 Å². The topological polar surface area (TPSA) is 102 Å². The molecule has 0 amide bonds. The highest BCUT2D eigenvalue weighted by Crippen LogP contribution is 2.33. The highest BCUT2D eigenvalue weighted by atomic mass is 16.5. The molecule has 1 atom stereocenters. The molecular formula is C25H29N7O3. The zero-order valence-corrected chi connectivity index (χ0v) is 20.1. The summed E-state index contributed by atoms with van der Waals surface area (Å²) in [5.41, 5.74) is 3.72. The first-order valence-corrected chi connectivity index (χ1v) is 11.6. The number of hydrogen-bond donors (Lipinski definition) is 1. The lowest BCUT2D eigenvalue weighted by Gasteiger charge is -2.28. The molecule has 1 fully saturated rings. The summed E-state index contributed by atoms with van der Waals surface area (Å²) in [6.07, 6.45) is 6.78. The molecule has 1 aromatic carbocycles. The number of hydrogen-bond acceptors (Lipinski definition) is 9. The van der Waals surface area contributed by atoms with Crippen molar-refractivity contribution in [3.8, 4) is 22.8 Å². The van der Waals surface area contributed by atoms with Gasteiger partial charge in [-0.1, -0.05) is 0 Å². The maximum atomic E-state index is 10.3. The van der Waals surface area contributed by atoms with E-state index in [1.165, 1.54) is 0 Å². The maximum absolute atomic E-state index is 10.3. The van der Waals surface area contributed by atoms with E-state index in [1.807, 2.05) is 43.6 Å². The van der Waals surface area contributed by atoms with E-state index < -0.39 is 6.23 Å². The van der Waals surface area contributed by atoms with Gasteiger partial charge in [0.05, 0.1) is 32.3 Å². The van der Waals surface area contributed by atoms with Gasteiger partial charge in [0.25, 0.3) is 0 Å². The molecule has 10 heteroatoms. The Balaban J connectivity index is 1.54. The molecule has 1 aliphatic heterocycles. The fraction of sp³-hybridized carbons (Fsp3) is 0.360. The van der Waals surface area contributed by atoms with Crippen LogP contribution in [0.4, 0.5) is 11.5 Å². The third kappa shape index (κ3) is 4.89. The van der Waals surface area contributed by atoms with Crippen LogP contribution in [-0.4, -0.2) is 74.8 Å². The predicted octanol–water partition coefficient (Wildman–Crippen LogP) is 2.99. The number of likely N-dealkylation sites (tertiary alicyclic amines) is 1. The van der Waals surface area contributed by atoms with Gasteiger partial charge >= 0.3 is 0 Å². The van der Waals surface area contributed by atoms with Crippen molar-refractivity contribution in [1.29, 1.82) is 0 Å². The average Bonchev–Trinajstić information content (AvgIpc) is 3.51. The molecule has 4 aromatic rings. The van der Waals surface area contributed by atoms with E-state index in [2.05, 4.69) is 19.9 Å². The number of aromatic nitrogens is 5. The number of fused-ring (bicyclic) bond motifs is 1. The van der Waals surface area contributed by atoms with Gasteiger partial charge in [0.15, 0.2) is 5.65 Å². The fourth-order valence-electron chi connectivity index (χ4n) is 4.35. The maximum Gasteiger partial charge on any atom is 0.180 e. The summed E-state index contributed by atoms with van der Waals surface area (Å²) in [6.45, 7) is 2.17. The van der Waals surface area contributed by atoms with E-state index in [4.69, 9.17) is 19.4 Å². The summed E-state index contributed by atoms with van der Waals surface area (Å²) in [6, 6.07) is 9.60. The average molecular weight is 476 g/mol. The lowest BCUT2D eigenvalue weighted by Crippen LogP contribution is -2.36. The van der Waals surface area contributed by atoms with Crippen LogP contribution < -0.4 is 14.4 Å². The molecule has 0 aliphatic carbocycles. The van der Waals surface area contributed by atoms with Crippen LogP contribution >= 0.6 is 0 Å². The predicted molar refractivity (Wildman–Crippen MR) is 133 cm³/mol. The highest BCUT2D eigenvalue weighted by molar-refractivity contribution is 5.77. The summed E-state index contributed by atoms with van der Waals surface area (Å²) >= 11 is 0. The Morgan fingerprint density at radius 1 is 1.09 bits per heavy atom. The first-order chi connectivity index (χ1) is 17.0. The number of ether oxygens (including phenoxy) is 2. The molecule has 1 saturated heterocycles. The molecule has 3 aromatic heterocycles. The van der Waals surface area contributed by atoms with Crippen molar-refractivity contribution in [2.24, 2.45) is 7.05 Å². The number of pyridine rings is 1. The SMILES string of the molecule is COc1cc(OC)cc(N(CCN2CCCC2O)c2ccc3ncc(-c4cnn(C)c4)nc3n2)c1. The smallest absolute Gasteiger partial charge is 0.180 e. The third-order valence-electron chi connectivity index (χ3n) is 6.26. The van der Waals surface area contributed by atoms with Gasteiger partial charge < -0.3 is 19.5 Å². The number of nitrogens with zero attached hydrogens (tertiary/aromatic N) is 7. The second kappa shape index (κ2) is 9.85. The first kappa shape index (κ1) is 23.0. The molecule has 182 valence electrons. The second-order valence-electron chi connectivity index (χ2n) is 8.55. The number of rotatable bonds is 8. The largest absolute Gasteiger partial charge is 0.497 e. The van der Waals surface area contributed by atoms with Gasteiger partial charge in [-0.25, -0.2) is 9.97 Å². The lowest BCUT2D eigenvalue weighted by molar-refractivity contribution is 0.0406. The van der Waals surface area contributed by atoms with Gasteiger partial charge in [0.2, 0.25) is 0 Å². The molecular weight excluding hydrogens is 446 g/mol. The van der Waals surface area contributed by atoms with Gasteiger partial charge in [0.1, 0.15) is 29.1 Å². The van der Waals surface area contributed by atoms with E-state index >= 15 is 0 Å². The van der Waals surface area contributed by atoms with Gasteiger partial charge in [-0.3, -0.25) is 14.6 Å². The first-order valence-electron chi connectivity index (χ1n) is 11.6. The summed E-state index contributed by atoms with van der Waals surface area (Å²) in [4.78, 5) is 18.4. The van der Waals surface area contributed by atoms with Crippen LogP contribution in [0.15, 0.2) is 48.9 Å². The van der Waals surface area contributed by atoms with E-state index in [0.717, 1.165) is 36.5 Å². The van der Waals surface area contributed by atoms with Crippen molar-refractivity contribution in [3.05, 3.63) is 48.9 Å². The molecule has 0 radical (unpaired) electrons. The molecule has 5 rings (SSSR count). The number of aryl methyl sites for hydroxylation is 1. The van der Waals surface area contributed by atoms with Crippen molar-refractivity contribution < 1.29 is 14.6 Å². The number of methoxy groups -OCH3 is 2. The molecule has 1 N–H and O–H groups in total. The van der Waals surface area contributed by atoms with Crippen LogP contribution in [-0.2, 0) is 7.05 Å². The van der Waals surface area contributed by atoms with Crippen LogP contribution in [0.1, 0.15) is 12.8 Å². The minimum absolute atomic E-state index is 0.408. The Morgan fingerprint density at radius 3 is 2.54 bits per heavy atom. The molecule has 0 spiro atoms. The molecule has 1 unspecified atom stereocenters. The Labute approximate surface area is 203 Å². The lowest BCUT2D eigenvalue weighted by atomic mass is 10.2. The van der Waals surface area contributed by atoms with Gasteiger partial charge in [-0.15, -0.1) is 0 Å². The van der Waals surface area contributed by atoms with Crippen molar-refractivity contribution in [2.45, 2.75) is 19.1 Å². The minimum Gasteiger partial charge on any atom is -0.497 e. The number of benzene rings is 1. The van der Waals surface area contributed by atoms with Crippen LogP contribution in [0.3, 0.4) is 0 Å². The summed E-state index contributed by atoms with van der Waals surface area (Å²) in [5, 5.41) is 14.5. The Kier molecular flexibility index (Phi) is 6.47. The highest BCUT2D eigenvalue weighted by Gasteiger charge is 2.23. The summed E-state index contributed by atoms with van der Waals surface area (Å²) < 4.78 is 12.7. The number of aliphatic hydroxyl groups excluding tert-OH is 1. The van der Waals surface area contributed by atoms with Crippen molar-refractivity contribution in [2.75, 3.05) is 38.8 Å². The zero-order chi connectivity index (χ0) is 24.4. The molecule has 1 aliphatic rings. The molecule has 10 nitrogen and oxygen atoms in total. The summed E-state index contributed by atoms with van der Waals surface area (Å²) in [7, 11) is 5.13. The van der Waals surface area contributed by atoms with Crippen LogP contribution in [0, 0.1) is 0 Å². The molecule has 0 bridgehead atoms. The zero-order valence-electron chi connectivity index (χ0n) is 20.1. The molecule has 4 heterocycles. The Bertz CT molecular complexity index is 1300.